The van der Waals surface area contributed by atoms with E-state index in [1.54, 1.807) is 38.7 Å². The van der Waals surface area contributed by atoms with Gasteiger partial charge in [0.05, 0.1) is 6.61 Å². The number of benzene rings is 3. The monoisotopic (exact) mass is 443 g/mol. The van der Waals surface area contributed by atoms with Crippen LogP contribution < -0.4 is 0 Å². The summed E-state index contributed by atoms with van der Waals surface area (Å²) in [5.41, 5.74) is -2.63. The van der Waals surface area contributed by atoms with Gasteiger partial charge >= 0.3 is 6.18 Å². The van der Waals surface area contributed by atoms with Crippen LogP contribution in [0.4, 0.5) is 13.2 Å². The van der Waals surface area contributed by atoms with Crippen molar-refractivity contribution in [3.05, 3.63) is 66.2 Å². The Balaban J connectivity index is 2.19. The average molecular weight is 444 g/mol. The molecule has 7 heteroatoms. The molecule has 0 aliphatic rings. The van der Waals surface area contributed by atoms with Crippen LogP contribution in [0.25, 0.3) is 27.3 Å². The van der Waals surface area contributed by atoms with Gasteiger partial charge in [0.2, 0.25) is 0 Å². The average Bonchev–Trinajstić information content (AvgIpc) is 2.70. The van der Waals surface area contributed by atoms with Crippen molar-refractivity contribution < 1.29 is 22.3 Å². The zero-order chi connectivity index (χ0) is 22.9. The molecule has 3 nitrogen and oxygen atoms in total. The molecule has 1 atom stereocenters. The van der Waals surface area contributed by atoms with E-state index in [1.807, 2.05) is 42.5 Å². The molecule has 0 saturated heterocycles. The van der Waals surface area contributed by atoms with Crippen LogP contribution >= 0.6 is 0 Å². The van der Waals surface area contributed by atoms with E-state index in [0.717, 1.165) is 27.6 Å². The molecule has 3 aromatic rings. The fourth-order valence-electron chi connectivity index (χ4n) is 3.49. The maximum Gasteiger partial charge on any atom is 0.434 e. The highest BCUT2D eigenvalue weighted by atomic mass is 28.4. The molecule has 31 heavy (non-hydrogen) atoms. The van der Waals surface area contributed by atoms with E-state index in [4.69, 9.17) is 9.16 Å². The highest BCUT2D eigenvalue weighted by Crippen LogP contribution is 2.39. The van der Waals surface area contributed by atoms with Crippen molar-refractivity contribution >= 4 is 35.6 Å². The number of ether oxygens (including phenoxy) is 1. The Kier molecular flexibility index (Phi) is 6.17. The SMILES string of the molecule is CCO/C(=C\C(C#N)(O[Si](C)(C)C)C(F)(F)F)c1ccc2c(ccc3ccccc32)c1. The van der Waals surface area contributed by atoms with Crippen LogP contribution in [0.5, 0.6) is 0 Å². The Morgan fingerprint density at radius 1 is 1.00 bits per heavy atom. The highest BCUT2D eigenvalue weighted by molar-refractivity contribution is 6.69. The molecule has 0 N–H and O–H groups in total. The van der Waals surface area contributed by atoms with E-state index in [0.29, 0.717) is 5.56 Å². The molecule has 3 aromatic carbocycles. The molecule has 3 rings (SSSR count). The standard InChI is InChI=1S/C24H24F3NO2Si/c1-5-29-22(15-23(16-28,24(25,26)27)30-31(2,3)4)19-12-13-21-18(14-19)11-10-17-8-6-7-9-20(17)21/h6-15H,5H2,1-4H3/b22-15-. The van der Waals surface area contributed by atoms with Crippen LogP contribution in [0, 0.1) is 11.3 Å². The number of nitriles is 1. The van der Waals surface area contributed by atoms with Crippen molar-refractivity contribution in [1.82, 2.24) is 0 Å². The van der Waals surface area contributed by atoms with Gasteiger partial charge in [-0.3, -0.25) is 0 Å². The van der Waals surface area contributed by atoms with E-state index in [9.17, 15) is 18.4 Å². The molecule has 0 aliphatic carbocycles. The summed E-state index contributed by atoms with van der Waals surface area (Å²) in [7, 11) is -2.73. The van der Waals surface area contributed by atoms with Crippen molar-refractivity contribution in [2.45, 2.75) is 38.3 Å². The summed E-state index contributed by atoms with van der Waals surface area (Å²) in [5.74, 6) is -0.0327. The van der Waals surface area contributed by atoms with Crippen LogP contribution in [0.3, 0.4) is 0 Å². The van der Waals surface area contributed by atoms with Crippen molar-refractivity contribution in [2.75, 3.05) is 6.61 Å². The molecule has 0 aliphatic heterocycles. The predicted octanol–water partition coefficient (Wildman–Crippen LogP) is 7.05. The molecule has 0 spiro atoms. The lowest BCUT2D eigenvalue weighted by Gasteiger charge is -2.33. The number of rotatable bonds is 6. The van der Waals surface area contributed by atoms with Gasteiger partial charge in [-0.15, -0.1) is 0 Å². The minimum absolute atomic E-state index is 0.0327. The van der Waals surface area contributed by atoms with Gasteiger partial charge < -0.3 is 9.16 Å². The molecule has 0 radical (unpaired) electrons. The molecule has 162 valence electrons. The smallest absolute Gasteiger partial charge is 0.434 e. The summed E-state index contributed by atoms with van der Waals surface area (Å²) < 4.78 is 53.0. The maximum absolute atomic E-state index is 14.0. The number of halogens is 3. The molecule has 1 unspecified atom stereocenters. The minimum atomic E-state index is -4.92. The third-order valence-corrected chi connectivity index (χ3v) is 5.65. The first-order chi connectivity index (χ1) is 14.5. The number of fused-ring (bicyclic) bond motifs is 3. The molecular weight excluding hydrogens is 419 g/mol. The van der Waals surface area contributed by atoms with E-state index in [-0.39, 0.29) is 12.4 Å². The fourth-order valence-corrected chi connectivity index (χ4v) is 4.67. The van der Waals surface area contributed by atoms with Crippen LogP contribution in [0.15, 0.2) is 60.7 Å². The van der Waals surface area contributed by atoms with Crippen LogP contribution in [-0.4, -0.2) is 26.7 Å². The van der Waals surface area contributed by atoms with Crippen LogP contribution in [-0.2, 0) is 9.16 Å². The first-order valence-electron chi connectivity index (χ1n) is 9.95. The Morgan fingerprint density at radius 3 is 2.26 bits per heavy atom. The van der Waals surface area contributed by atoms with Gasteiger partial charge in [0.25, 0.3) is 5.60 Å². The second kappa shape index (κ2) is 8.37. The number of hydrogen-bond donors (Lipinski definition) is 0. The summed E-state index contributed by atoms with van der Waals surface area (Å²) in [6.07, 6.45) is -4.14. The van der Waals surface area contributed by atoms with Gasteiger partial charge in [0.1, 0.15) is 11.8 Å². The van der Waals surface area contributed by atoms with Gasteiger partial charge in [0.15, 0.2) is 8.32 Å². The second-order valence-electron chi connectivity index (χ2n) is 8.22. The van der Waals surface area contributed by atoms with Crippen LogP contribution in [0.1, 0.15) is 12.5 Å². The second-order valence-corrected chi connectivity index (χ2v) is 12.7. The summed E-state index contributed by atoms with van der Waals surface area (Å²) in [6, 6.07) is 18.5. The molecular formula is C24H24F3NO2Si. The van der Waals surface area contributed by atoms with Gasteiger partial charge in [-0.05, 0) is 54.2 Å². The van der Waals surface area contributed by atoms with Crippen molar-refractivity contribution in [3.63, 3.8) is 0 Å². The van der Waals surface area contributed by atoms with Gasteiger partial charge in [-0.1, -0.05) is 48.5 Å². The van der Waals surface area contributed by atoms with Gasteiger partial charge in [0, 0.05) is 11.6 Å². The summed E-state index contributed by atoms with van der Waals surface area (Å²) in [6.45, 7) is 6.66. The quantitative estimate of drug-likeness (QED) is 0.233. The predicted molar refractivity (Wildman–Crippen MR) is 120 cm³/mol. The van der Waals surface area contributed by atoms with E-state index in [2.05, 4.69) is 0 Å². The summed E-state index contributed by atoms with van der Waals surface area (Å²) >= 11 is 0. The van der Waals surface area contributed by atoms with Gasteiger partial charge in [-0.25, -0.2) is 0 Å². The Bertz CT molecular complexity index is 1180. The zero-order valence-electron chi connectivity index (χ0n) is 17.9. The number of nitrogens with zero attached hydrogens (tertiary/aromatic N) is 1. The van der Waals surface area contributed by atoms with Crippen LogP contribution in [0.2, 0.25) is 19.6 Å². The van der Waals surface area contributed by atoms with Crippen molar-refractivity contribution in [1.29, 1.82) is 5.26 Å². The zero-order valence-corrected chi connectivity index (χ0v) is 18.9. The third kappa shape index (κ3) is 4.76. The molecule has 0 fully saturated rings. The Labute approximate surface area is 180 Å². The largest absolute Gasteiger partial charge is 0.493 e. The van der Waals surface area contributed by atoms with E-state index < -0.39 is 20.1 Å². The van der Waals surface area contributed by atoms with E-state index in [1.165, 1.54) is 6.07 Å². The summed E-state index contributed by atoms with van der Waals surface area (Å²) in [4.78, 5) is 0. The van der Waals surface area contributed by atoms with Crippen molar-refractivity contribution in [2.24, 2.45) is 0 Å². The molecule has 0 heterocycles. The lowest BCUT2D eigenvalue weighted by atomic mass is 9.97. The lowest BCUT2D eigenvalue weighted by Crippen LogP contribution is -2.51. The minimum Gasteiger partial charge on any atom is -0.493 e. The Hall–Kier alpha value is -2.82. The van der Waals surface area contributed by atoms with E-state index >= 15 is 0 Å². The third-order valence-electron chi connectivity index (χ3n) is 4.72. The first-order valence-corrected chi connectivity index (χ1v) is 13.4. The first kappa shape index (κ1) is 22.9. The topological polar surface area (TPSA) is 42.2 Å². The Morgan fingerprint density at radius 2 is 1.65 bits per heavy atom. The molecule has 0 bridgehead atoms. The normalized spacial score (nSPS) is 15.0. The molecule has 0 amide bonds. The number of hydrogen-bond acceptors (Lipinski definition) is 3. The van der Waals surface area contributed by atoms with Gasteiger partial charge in [-0.2, -0.15) is 18.4 Å². The van der Waals surface area contributed by atoms with Crippen molar-refractivity contribution in [3.8, 4) is 6.07 Å². The highest BCUT2D eigenvalue weighted by Gasteiger charge is 2.58. The number of alkyl halides is 3. The summed E-state index contributed by atoms with van der Waals surface area (Å²) in [5, 5.41) is 13.5. The molecule has 0 saturated carbocycles. The molecule has 0 aromatic heterocycles. The maximum atomic E-state index is 14.0. The lowest BCUT2D eigenvalue weighted by molar-refractivity contribution is -0.210. The fraction of sp³-hybridized carbons (Fsp3) is 0.292.